The van der Waals surface area contributed by atoms with Crippen LogP contribution in [0.3, 0.4) is 0 Å². The Balaban J connectivity index is 1.89. The average molecular weight is 425 g/mol. The number of tetrazole rings is 1. The van der Waals surface area contributed by atoms with Crippen molar-refractivity contribution in [2.24, 2.45) is 0 Å². The molecule has 0 N–H and O–H groups in total. The summed E-state index contributed by atoms with van der Waals surface area (Å²) in [5, 5.41) is 15.9. The maximum atomic E-state index is 13.9. The van der Waals surface area contributed by atoms with Gasteiger partial charge in [-0.3, -0.25) is 0 Å². The number of halogens is 5. The number of aromatic nitrogens is 6. The van der Waals surface area contributed by atoms with Gasteiger partial charge in [0.2, 0.25) is 0 Å². The first kappa shape index (κ1) is 18.5. The van der Waals surface area contributed by atoms with E-state index in [1.807, 2.05) is 0 Å². The van der Waals surface area contributed by atoms with Gasteiger partial charge in [-0.25, -0.2) is 4.68 Å². The molecule has 0 aliphatic heterocycles. The van der Waals surface area contributed by atoms with Crippen LogP contribution in [-0.4, -0.2) is 30.0 Å². The van der Waals surface area contributed by atoms with E-state index in [2.05, 4.69) is 20.6 Å². The summed E-state index contributed by atoms with van der Waals surface area (Å²) < 4.78 is 43.7. The van der Waals surface area contributed by atoms with Crippen LogP contribution in [0.4, 0.5) is 13.2 Å². The van der Waals surface area contributed by atoms with Crippen molar-refractivity contribution < 1.29 is 13.2 Å². The maximum Gasteiger partial charge on any atom is 0.434 e. The third kappa shape index (κ3) is 3.34. The summed E-state index contributed by atoms with van der Waals surface area (Å²) in [5.41, 5.74) is -0.604. The predicted octanol–water partition coefficient (Wildman–Crippen LogP) is 4.84. The highest BCUT2D eigenvalue weighted by atomic mass is 35.5. The van der Waals surface area contributed by atoms with Gasteiger partial charge in [0.15, 0.2) is 11.5 Å². The molecule has 0 aliphatic rings. The fraction of sp³-hybridized carbons (Fsp3) is 0.0588. The Labute approximate surface area is 166 Å². The van der Waals surface area contributed by atoms with Gasteiger partial charge in [-0.2, -0.15) is 23.0 Å². The molecule has 0 aliphatic carbocycles. The summed E-state index contributed by atoms with van der Waals surface area (Å²) in [6, 6.07) is 12.2. The van der Waals surface area contributed by atoms with Crippen molar-refractivity contribution in [3.63, 3.8) is 0 Å². The minimum absolute atomic E-state index is 0.102. The Hall–Kier alpha value is -2.91. The summed E-state index contributed by atoms with van der Waals surface area (Å²) >= 11 is 11.7. The minimum Gasteiger partial charge on any atom is -0.228 e. The first-order valence-corrected chi connectivity index (χ1v) is 8.56. The summed E-state index contributed by atoms with van der Waals surface area (Å²) in [5.74, 6) is -0.102. The third-order valence-corrected chi connectivity index (χ3v) is 4.39. The lowest BCUT2D eigenvalue weighted by Crippen LogP contribution is -2.15. The fourth-order valence-electron chi connectivity index (χ4n) is 2.67. The molecular weight excluding hydrogens is 416 g/mol. The topological polar surface area (TPSA) is 61.4 Å². The van der Waals surface area contributed by atoms with Gasteiger partial charge in [-0.1, -0.05) is 23.2 Å². The molecule has 11 heteroatoms. The Morgan fingerprint density at radius 1 is 0.786 bits per heavy atom. The van der Waals surface area contributed by atoms with E-state index in [1.54, 1.807) is 24.3 Å². The number of hydrogen-bond acceptors (Lipinski definition) is 4. The van der Waals surface area contributed by atoms with Gasteiger partial charge in [0.05, 0.1) is 23.1 Å². The molecular formula is C17H9Cl2F3N6. The first-order valence-electron chi connectivity index (χ1n) is 7.80. The molecule has 0 bridgehead atoms. The van der Waals surface area contributed by atoms with Crippen molar-refractivity contribution in [3.8, 4) is 22.8 Å². The van der Waals surface area contributed by atoms with E-state index in [-0.39, 0.29) is 17.1 Å². The molecule has 142 valence electrons. The Kier molecular flexibility index (Phi) is 4.56. The lowest BCUT2D eigenvalue weighted by molar-refractivity contribution is -0.142. The molecule has 2 aromatic carbocycles. The van der Waals surface area contributed by atoms with E-state index in [4.69, 9.17) is 23.2 Å². The molecule has 2 heterocycles. The average Bonchev–Trinajstić information content (AvgIpc) is 3.29. The van der Waals surface area contributed by atoms with Crippen molar-refractivity contribution in [3.05, 3.63) is 70.5 Å². The Morgan fingerprint density at radius 3 is 1.86 bits per heavy atom. The molecule has 0 atom stereocenters. The molecule has 2 aromatic heterocycles. The standard InChI is InChI=1S/C17H9Cl2F3N6/c18-10-1-5-12(6-2-10)27-15(17(20,21)22)14(9-23-27)16-24-25-26-28(16)13-7-3-11(19)4-8-13/h1-9H. The highest BCUT2D eigenvalue weighted by molar-refractivity contribution is 6.30. The van der Waals surface area contributed by atoms with Gasteiger partial charge < -0.3 is 0 Å². The molecule has 0 saturated heterocycles. The summed E-state index contributed by atoms with van der Waals surface area (Å²) in [6.07, 6.45) is -3.63. The summed E-state index contributed by atoms with van der Waals surface area (Å²) in [6.45, 7) is 0. The van der Waals surface area contributed by atoms with Gasteiger partial charge in [-0.15, -0.1) is 5.10 Å². The van der Waals surface area contributed by atoms with Crippen LogP contribution in [0.15, 0.2) is 54.7 Å². The fourth-order valence-corrected chi connectivity index (χ4v) is 2.93. The lowest BCUT2D eigenvalue weighted by atomic mass is 10.2. The maximum absolute atomic E-state index is 13.9. The quantitative estimate of drug-likeness (QED) is 0.471. The largest absolute Gasteiger partial charge is 0.434 e. The molecule has 0 radical (unpaired) electrons. The molecule has 28 heavy (non-hydrogen) atoms. The van der Waals surface area contributed by atoms with E-state index >= 15 is 0 Å². The van der Waals surface area contributed by atoms with Crippen molar-refractivity contribution >= 4 is 23.2 Å². The van der Waals surface area contributed by atoms with Crippen LogP contribution >= 0.6 is 23.2 Å². The lowest BCUT2D eigenvalue weighted by Gasteiger charge is -2.13. The second-order valence-electron chi connectivity index (χ2n) is 5.68. The molecule has 4 aromatic rings. The van der Waals surface area contributed by atoms with E-state index in [9.17, 15) is 13.2 Å². The molecule has 0 unspecified atom stereocenters. The van der Waals surface area contributed by atoms with Crippen LogP contribution in [0.5, 0.6) is 0 Å². The zero-order chi connectivity index (χ0) is 19.9. The van der Waals surface area contributed by atoms with Crippen molar-refractivity contribution in [2.45, 2.75) is 6.18 Å². The number of benzene rings is 2. The van der Waals surface area contributed by atoms with Gasteiger partial charge in [-0.05, 0) is 59.0 Å². The van der Waals surface area contributed by atoms with Gasteiger partial charge in [0.1, 0.15) is 0 Å². The van der Waals surface area contributed by atoms with E-state index in [0.717, 1.165) is 10.9 Å². The predicted molar refractivity (Wildman–Crippen MR) is 96.7 cm³/mol. The summed E-state index contributed by atoms with van der Waals surface area (Å²) in [4.78, 5) is 0. The van der Waals surface area contributed by atoms with E-state index in [0.29, 0.717) is 15.7 Å². The number of nitrogens with zero attached hydrogens (tertiary/aromatic N) is 6. The van der Waals surface area contributed by atoms with Gasteiger partial charge >= 0.3 is 6.18 Å². The zero-order valence-corrected chi connectivity index (χ0v) is 15.3. The van der Waals surface area contributed by atoms with E-state index in [1.165, 1.54) is 28.9 Å². The van der Waals surface area contributed by atoms with Crippen LogP contribution in [0.1, 0.15) is 5.69 Å². The molecule has 0 spiro atoms. The molecule has 0 saturated carbocycles. The van der Waals surface area contributed by atoms with Gasteiger partial charge in [0, 0.05) is 10.0 Å². The molecule has 6 nitrogen and oxygen atoms in total. The second kappa shape index (κ2) is 6.92. The molecule has 0 amide bonds. The second-order valence-corrected chi connectivity index (χ2v) is 6.56. The highest BCUT2D eigenvalue weighted by Gasteiger charge is 2.40. The van der Waals surface area contributed by atoms with Crippen LogP contribution in [-0.2, 0) is 6.18 Å². The monoisotopic (exact) mass is 424 g/mol. The molecule has 0 fully saturated rings. The first-order chi connectivity index (χ1) is 13.3. The summed E-state index contributed by atoms with van der Waals surface area (Å²) in [7, 11) is 0. The smallest absolute Gasteiger partial charge is 0.228 e. The number of hydrogen-bond donors (Lipinski definition) is 0. The van der Waals surface area contributed by atoms with E-state index < -0.39 is 11.9 Å². The number of alkyl halides is 3. The normalized spacial score (nSPS) is 11.8. The van der Waals surface area contributed by atoms with Crippen LogP contribution in [0, 0.1) is 0 Å². The molecule has 4 rings (SSSR count). The van der Waals surface area contributed by atoms with Crippen molar-refractivity contribution in [1.29, 1.82) is 0 Å². The van der Waals surface area contributed by atoms with Crippen LogP contribution < -0.4 is 0 Å². The van der Waals surface area contributed by atoms with Crippen molar-refractivity contribution in [1.82, 2.24) is 30.0 Å². The van der Waals surface area contributed by atoms with Crippen molar-refractivity contribution in [2.75, 3.05) is 0 Å². The third-order valence-electron chi connectivity index (χ3n) is 3.89. The highest BCUT2D eigenvalue weighted by Crippen LogP contribution is 2.38. The van der Waals surface area contributed by atoms with Gasteiger partial charge in [0.25, 0.3) is 0 Å². The Bertz CT molecular complexity index is 1120. The number of rotatable bonds is 3. The minimum atomic E-state index is -4.71. The Morgan fingerprint density at radius 2 is 1.32 bits per heavy atom. The zero-order valence-electron chi connectivity index (χ0n) is 13.8. The van der Waals surface area contributed by atoms with Crippen LogP contribution in [0.25, 0.3) is 22.8 Å². The SMILES string of the molecule is FC(F)(F)c1c(-c2nnnn2-c2ccc(Cl)cc2)cnn1-c1ccc(Cl)cc1. The van der Waals surface area contributed by atoms with Crippen LogP contribution in [0.2, 0.25) is 10.0 Å².